The van der Waals surface area contributed by atoms with Crippen molar-refractivity contribution in [1.29, 1.82) is 0 Å². The minimum absolute atomic E-state index is 0.145. The van der Waals surface area contributed by atoms with Crippen LogP contribution in [0.4, 0.5) is 42.1 Å². The molecular formula is C18H17F7N2. The van der Waals surface area contributed by atoms with Gasteiger partial charge in [0.25, 0.3) is 0 Å². The van der Waals surface area contributed by atoms with Crippen LogP contribution in [0.25, 0.3) is 0 Å². The van der Waals surface area contributed by atoms with Crippen LogP contribution >= 0.6 is 0 Å². The molecule has 2 aromatic rings. The summed E-state index contributed by atoms with van der Waals surface area (Å²) < 4.78 is 96.8. The smallest absolute Gasteiger partial charge is 0.399 e. The summed E-state index contributed by atoms with van der Waals surface area (Å²) in [6.45, 7) is 1.12. The van der Waals surface area contributed by atoms with E-state index in [4.69, 9.17) is 11.5 Å². The standard InChI is InChI=1S/C18H17F7N2/c1-2-15(11-3-7-13(26)8-4-11,12-5-9-14(27)10-6-12)16(19,20)17(21,22)18(23,24)25/h3-10H,2,26-27H2,1H3. The highest BCUT2D eigenvalue weighted by atomic mass is 19.4. The first kappa shape index (κ1) is 20.9. The Balaban J connectivity index is 2.87. The van der Waals surface area contributed by atoms with Crippen molar-refractivity contribution in [1.82, 2.24) is 0 Å². The van der Waals surface area contributed by atoms with E-state index in [1.807, 2.05) is 0 Å². The summed E-state index contributed by atoms with van der Waals surface area (Å²) in [6, 6.07) is 8.76. The molecule has 0 aromatic heterocycles. The summed E-state index contributed by atoms with van der Waals surface area (Å²) in [5, 5.41) is 0. The predicted molar refractivity (Wildman–Crippen MR) is 88.7 cm³/mol. The van der Waals surface area contributed by atoms with Gasteiger partial charge in [-0.15, -0.1) is 0 Å². The Morgan fingerprint density at radius 1 is 0.630 bits per heavy atom. The molecule has 0 aliphatic carbocycles. The zero-order valence-electron chi connectivity index (χ0n) is 14.1. The van der Waals surface area contributed by atoms with Crippen molar-refractivity contribution in [2.24, 2.45) is 0 Å². The van der Waals surface area contributed by atoms with Crippen molar-refractivity contribution in [3.8, 4) is 0 Å². The van der Waals surface area contributed by atoms with Gasteiger partial charge in [0.2, 0.25) is 0 Å². The van der Waals surface area contributed by atoms with Crippen LogP contribution in [-0.4, -0.2) is 18.0 Å². The van der Waals surface area contributed by atoms with Crippen molar-refractivity contribution in [2.75, 3.05) is 11.5 Å². The van der Waals surface area contributed by atoms with Gasteiger partial charge in [0.15, 0.2) is 0 Å². The van der Waals surface area contributed by atoms with Crippen LogP contribution < -0.4 is 11.5 Å². The summed E-state index contributed by atoms with van der Waals surface area (Å²) in [5.41, 5.74) is 7.49. The summed E-state index contributed by atoms with van der Waals surface area (Å²) in [7, 11) is 0. The number of benzene rings is 2. The quantitative estimate of drug-likeness (QED) is 0.529. The topological polar surface area (TPSA) is 52.0 Å². The van der Waals surface area contributed by atoms with E-state index in [9.17, 15) is 22.0 Å². The number of nitrogen functional groups attached to an aromatic ring is 2. The van der Waals surface area contributed by atoms with E-state index in [0.29, 0.717) is 0 Å². The van der Waals surface area contributed by atoms with Gasteiger partial charge in [0.05, 0.1) is 5.41 Å². The SMILES string of the molecule is CCC(c1ccc(N)cc1)(c1ccc(N)cc1)C(F)(F)C(F)(F)C(F)(F)F. The van der Waals surface area contributed by atoms with E-state index in [0.717, 1.165) is 31.2 Å². The maximum atomic E-state index is 15.1. The number of nitrogens with two attached hydrogens (primary N) is 2. The van der Waals surface area contributed by atoms with Crippen molar-refractivity contribution < 1.29 is 30.7 Å². The molecule has 0 fully saturated rings. The van der Waals surface area contributed by atoms with Crippen molar-refractivity contribution in [3.05, 3.63) is 59.7 Å². The fourth-order valence-corrected chi connectivity index (χ4v) is 3.14. The molecular weight excluding hydrogens is 377 g/mol. The van der Waals surface area contributed by atoms with Crippen molar-refractivity contribution in [3.63, 3.8) is 0 Å². The molecule has 148 valence electrons. The van der Waals surface area contributed by atoms with E-state index < -0.39 is 41.0 Å². The molecule has 0 heterocycles. The van der Waals surface area contributed by atoms with Crippen LogP contribution in [-0.2, 0) is 5.41 Å². The molecule has 0 amide bonds. The highest BCUT2D eigenvalue weighted by Gasteiger charge is 2.79. The molecule has 2 nitrogen and oxygen atoms in total. The normalized spacial score (nSPS) is 13.6. The van der Waals surface area contributed by atoms with Gasteiger partial charge >= 0.3 is 18.0 Å². The van der Waals surface area contributed by atoms with Crippen molar-refractivity contribution >= 4 is 11.4 Å². The molecule has 0 aliphatic rings. The molecule has 9 heteroatoms. The third-order valence-corrected chi connectivity index (χ3v) is 4.62. The molecule has 2 rings (SSSR count). The third kappa shape index (κ3) is 3.08. The number of hydrogen-bond acceptors (Lipinski definition) is 2. The number of rotatable bonds is 5. The fourth-order valence-electron chi connectivity index (χ4n) is 3.14. The summed E-state index contributed by atoms with van der Waals surface area (Å²) in [4.78, 5) is 0. The van der Waals surface area contributed by atoms with Crippen LogP contribution in [0.5, 0.6) is 0 Å². The molecule has 27 heavy (non-hydrogen) atoms. The number of alkyl halides is 7. The minimum atomic E-state index is -6.45. The lowest BCUT2D eigenvalue weighted by Gasteiger charge is -2.44. The van der Waals surface area contributed by atoms with Crippen molar-refractivity contribution in [2.45, 2.75) is 36.8 Å². The second kappa shape index (κ2) is 6.61. The van der Waals surface area contributed by atoms with Gasteiger partial charge in [-0.1, -0.05) is 31.2 Å². The van der Waals surface area contributed by atoms with Gasteiger partial charge in [-0.25, -0.2) is 0 Å². The first-order valence-electron chi connectivity index (χ1n) is 7.85. The van der Waals surface area contributed by atoms with Crippen LogP contribution in [0.1, 0.15) is 24.5 Å². The summed E-state index contributed by atoms with van der Waals surface area (Å²) in [6.07, 6.45) is -7.18. The van der Waals surface area contributed by atoms with Crippen LogP contribution in [0.15, 0.2) is 48.5 Å². The highest BCUT2D eigenvalue weighted by Crippen LogP contribution is 2.58. The van der Waals surface area contributed by atoms with Gasteiger partial charge in [0, 0.05) is 11.4 Å². The molecule has 0 atom stereocenters. The Kier molecular flexibility index (Phi) is 5.11. The van der Waals surface area contributed by atoms with Gasteiger partial charge in [0.1, 0.15) is 0 Å². The lowest BCUT2D eigenvalue weighted by Crippen LogP contribution is -2.62. The average molecular weight is 394 g/mol. The van der Waals surface area contributed by atoms with Crippen LogP contribution in [0, 0.1) is 0 Å². The van der Waals surface area contributed by atoms with Gasteiger partial charge in [-0.05, 0) is 41.8 Å². The molecule has 0 aliphatic heterocycles. The third-order valence-electron chi connectivity index (χ3n) is 4.62. The largest absolute Gasteiger partial charge is 0.459 e. The van der Waals surface area contributed by atoms with E-state index in [1.165, 1.54) is 24.3 Å². The zero-order chi connectivity index (χ0) is 20.7. The number of anilines is 2. The monoisotopic (exact) mass is 394 g/mol. The molecule has 0 saturated carbocycles. The maximum absolute atomic E-state index is 15.1. The Labute approximate surface area is 151 Å². The number of hydrogen-bond donors (Lipinski definition) is 2. The van der Waals surface area contributed by atoms with Gasteiger partial charge < -0.3 is 11.5 Å². The molecule has 0 unspecified atom stereocenters. The Morgan fingerprint density at radius 3 is 1.22 bits per heavy atom. The van der Waals surface area contributed by atoms with Gasteiger partial charge in [-0.2, -0.15) is 30.7 Å². The molecule has 0 bridgehead atoms. The molecule has 0 spiro atoms. The highest BCUT2D eigenvalue weighted by molar-refractivity contribution is 5.51. The fraction of sp³-hybridized carbons (Fsp3) is 0.333. The second-order valence-corrected chi connectivity index (χ2v) is 6.15. The molecule has 2 aromatic carbocycles. The molecule has 0 radical (unpaired) electrons. The van der Waals surface area contributed by atoms with E-state index >= 15 is 8.78 Å². The van der Waals surface area contributed by atoms with Crippen LogP contribution in [0.2, 0.25) is 0 Å². The first-order valence-corrected chi connectivity index (χ1v) is 7.85. The predicted octanol–water partition coefficient (Wildman–Crippen LogP) is 5.38. The Hall–Kier alpha value is -2.45. The zero-order valence-corrected chi connectivity index (χ0v) is 14.1. The van der Waals surface area contributed by atoms with Crippen LogP contribution in [0.3, 0.4) is 0 Å². The van der Waals surface area contributed by atoms with E-state index in [2.05, 4.69) is 0 Å². The molecule has 4 N–H and O–H groups in total. The minimum Gasteiger partial charge on any atom is -0.399 e. The Morgan fingerprint density at radius 2 is 0.963 bits per heavy atom. The Bertz CT molecular complexity index is 735. The number of halogens is 7. The first-order chi connectivity index (χ1) is 12.3. The summed E-state index contributed by atoms with van der Waals surface area (Å²) >= 11 is 0. The maximum Gasteiger partial charge on any atom is 0.459 e. The lowest BCUT2D eigenvalue weighted by atomic mass is 9.66. The van der Waals surface area contributed by atoms with Gasteiger partial charge in [-0.3, -0.25) is 0 Å². The summed E-state index contributed by atoms with van der Waals surface area (Å²) in [5.74, 6) is -11.8. The lowest BCUT2D eigenvalue weighted by molar-refractivity contribution is -0.367. The second-order valence-electron chi connectivity index (χ2n) is 6.15. The molecule has 0 saturated heterocycles. The average Bonchev–Trinajstić information content (AvgIpc) is 2.57. The van der Waals surface area contributed by atoms with E-state index in [1.54, 1.807) is 0 Å². The van der Waals surface area contributed by atoms with E-state index in [-0.39, 0.29) is 11.4 Å².